The summed E-state index contributed by atoms with van der Waals surface area (Å²) in [5.41, 5.74) is 2.79. The molecule has 230 valence electrons. The number of anilines is 1. The van der Waals surface area contributed by atoms with Gasteiger partial charge in [0, 0.05) is 24.0 Å². The van der Waals surface area contributed by atoms with Gasteiger partial charge < -0.3 is 10.2 Å². The number of rotatable bonds is 13. The fourth-order valence-corrected chi connectivity index (χ4v) is 6.59. The van der Waals surface area contributed by atoms with E-state index >= 15 is 0 Å². The van der Waals surface area contributed by atoms with Crippen LogP contribution in [-0.4, -0.2) is 44.3 Å². The van der Waals surface area contributed by atoms with Crippen molar-refractivity contribution < 1.29 is 22.4 Å². The first kappa shape index (κ1) is 32.9. The van der Waals surface area contributed by atoms with Gasteiger partial charge in [0.25, 0.3) is 10.0 Å². The number of hydrogen-bond acceptors (Lipinski definition) is 4. The Morgan fingerprint density at radius 1 is 0.886 bits per heavy atom. The lowest BCUT2D eigenvalue weighted by atomic mass is 10.0. The summed E-state index contributed by atoms with van der Waals surface area (Å²) in [6.45, 7) is 3.72. The monoisotopic (exact) mass is 679 g/mol. The van der Waals surface area contributed by atoms with E-state index in [1.165, 1.54) is 17.0 Å². The molecule has 0 aromatic heterocycles. The maximum Gasteiger partial charge on any atom is 0.264 e. The van der Waals surface area contributed by atoms with Gasteiger partial charge in [-0.1, -0.05) is 83.0 Å². The van der Waals surface area contributed by atoms with Crippen LogP contribution in [0.15, 0.2) is 112 Å². The summed E-state index contributed by atoms with van der Waals surface area (Å²) in [7, 11) is -4.30. The predicted molar refractivity (Wildman–Crippen MR) is 174 cm³/mol. The third kappa shape index (κ3) is 8.54. The van der Waals surface area contributed by atoms with Crippen LogP contribution in [0.25, 0.3) is 0 Å². The van der Waals surface area contributed by atoms with Crippen molar-refractivity contribution in [3.63, 3.8) is 0 Å². The van der Waals surface area contributed by atoms with Crippen molar-refractivity contribution in [2.24, 2.45) is 0 Å². The molecule has 44 heavy (non-hydrogen) atoms. The Morgan fingerprint density at radius 2 is 1.55 bits per heavy atom. The molecule has 1 N–H and O–H groups in total. The number of nitrogens with one attached hydrogen (secondary N) is 1. The van der Waals surface area contributed by atoms with Gasteiger partial charge in [0.15, 0.2) is 0 Å². The Morgan fingerprint density at radius 3 is 2.18 bits per heavy atom. The van der Waals surface area contributed by atoms with E-state index in [1.807, 2.05) is 68.4 Å². The van der Waals surface area contributed by atoms with E-state index in [9.17, 15) is 22.4 Å². The zero-order valence-electron chi connectivity index (χ0n) is 24.6. The smallest absolute Gasteiger partial charge is 0.264 e. The zero-order valence-corrected chi connectivity index (χ0v) is 27.0. The summed E-state index contributed by atoms with van der Waals surface area (Å²) >= 11 is 3.48. The average molecular weight is 681 g/mol. The molecule has 0 saturated heterocycles. The largest absolute Gasteiger partial charge is 0.354 e. The van der Waals surface area contributed by atoms with E-state index in [1.54, 1.807) is 24.3 Å². The van der Waals surface area contributed by atoms with Crippen LogP contribution >= 0.6 is 15.9 Å². The molecular weight excluding hydrogens is 645 g/mol. The number of benzene rings is 4. The first-order valence-electron chi connectivity index (χ1n) is 14.3. The van der Waals surface area contributed by atoms with Crippen molar-refractivity contribution in [1.29, 1.82) is 0 Å². The van der Waals surface area contributed by atoms with Crippen LogP contribution in [0.5, 0.6) is 0 Å². The quantitative estimate of drug-likeness (QED) is 0.181. The van der Waals surface area contributed by atoms with Gasteiger partial charge in [0.05, 0.1) is 10.6 Å². The second kappa shape index (κ2) is 15.1. The highest BCUT2D eigenvalue weighted by atomic mass is 79.9. The molecule has 1 atom stereocenters. The standard InChI is InChI=1S/C34H35BrFN3O4S/c1-3-20-37-34(41)32(22-26-8-5-4-6-9-26)38(23-27-10-7-11-28(35)21-27)33(40)24-39(30-16-12-25(2)13-17-30)44(42,43)31-18-14-29(36)15-19-31/h4-19,21,32H,3,20,22-24H2,1-2H3,(H,37,41)/t32-/m0/s1. The van der Waals surface area contributed by atoms with Gasteiger partial charge in [-0.2, -0.15) is 0 Å². The lowest BCUT2D eigenvalue weighted by Crippen LogP contribution is -2.53. The summed E-state index contributed by atoms with van der Waals surface area (Å²) in [4.78, 5) is 29.4. The molecule has 4 rings (SSSR count). The number of aryl methyl sites for hydroxylation is 1. The molecule has 7 nitrogen and oxygen atoms in total. The Hall–Kier alpha value is -4.02. The van der Waals surface area contributed by atoms with Gasteiger partial charge in [-0.05, 0) is 73.0 Å². The predicted octanol–water partition coefficient (Wildman–Crippen LogP) is 6.26. The zero-order chi connectivity index (χ0) is 31.7. The van der Waals surface area contributed by atoms with E-state index in [2.05, 4.69) is 21.2 Å². The van der Waals surface area contributed by atoms with Gasteiger partial charge in [0.2, 0.25) is 11.8 Å². The molecule has 0 aliphatic rings. The van der Waals surface area contributed by atoms with Crippen LogP contribution in [0.3, 0.4) is 0 Å². The molecule has 0 heterocycles. The highest BCUT2D eigenvalue weighted by Crippen LogP contribution is 2.26. The highest BCUT2D eigenvalue weighted by Gasteiger charge is 2.34. The number of carbonyl (C=O) groups excluding carboxylic acids is 2. The summed E-state index contributed by atoms with van der Waals surface area (Å²) in [5, 5.41) is 2.93. The summed E-state index contributed by atoms with van der Waals surface area (Å²) < 4.78 is 43.5. The minimum atomic E-state index is -4.30. The van der Waals surface area contributed by atoms with Crippen molar-refractivity contribution in [2.75, 3.05) is 17.4 Å². The van der Waals surface area contributed by atoms with E-state index in [0.717, 1.165) is 37.6 Å². The van der Waals surface area contributed by atoms with Crippen LogP contribution < -0.4 is 9.62 Å². The molecule has 0 spiro atoms. The van der Waals surface area contributed by atoms with Crippen LogP contribution in [-0.2, 0) is 32.6 Å². The van der Waals surface area contributed by atoms with E-state index in [0.29, 0.717) is 13.0 Å². The van der Waals surface area contributed by atoms with Gasteiger partial charge in [-0.25, -0.2) is 12.8 Å². The molecule has 2 amide bonds. The third-order valence-corrected chi connectivity index (χ3v) is 9.35. The van der Waals surface area contributed by atoms with Crippen molar-refractivity contribution in [2.45, 2.75) is 44.2 Å². The van der Waals surface area contributed by atoms with Crippen LogP contribution in [0.4, 0.5) is 10.1 Å². The van der Waals surface area contributed by atoms with E-state index in [-0.39, 0.29) is 29.5 Å². The maximum atomic E-state index is 14.4. The lowest BCUT2D eigenvalue weighted by Gasteiger charge is -2.34. The summed E-state index contributed by atoms with van der Waals surface area (Å²) in [5.74, 6) is -1.48. The van der Waals surface area contributed by atoms with Crippen molar-refractivity contribution >= 4 is 43.5 Å². The molecule has 0 aliphatic heterocycles. The molecule has 0 aliphatic carbocycles. The van der Waals surface area contributed by atoms with Gasteiger partial charge in [0.1, 0.15) is 18.4 Å². The second-order valence-electron chi connectivity index (χ2n) is 10.4. The minimum absolute atomic E-state index is 0.0631. The Labute approximate surface area is 266 Å². The van der Waals surface area contributed by atoms with Crippen LogP contribution in [0.2, 0.25) is 0 Å². The summed E-state index contributed by atoms with van der Waals surface area (Å²) in [6.07, 6.45) is 0.936. The molecular formula is C34H35BrFN3O4S. The molecule has 10 heteroatoms. The number of carbonyl (C=O) groups is 2. The third-order valence-electron chi connectivity index (χ3n) is 7.06. The Balaban J connectivity index is 1.79. The molecule has 0 radical (unpaired) electrons. The molecule has 0 bridgehead atoms. The Bertz CT molecular complexity index is 1670. The molecule has 4 aromatic carbocycles. The minimum Gasteiger partial charge on any atom is -0.354 e. The normalized spacial score (nSPS) is 11.9. The van der Waals surface area contributed by atoms with E-state index < -0.39 is 34.3 Å². The molecule has 4 aromatic rings. The lowest BCUT2D eigenvalue weighted by molar-refractivity contribution is -0.140. The number of hydrogen-bond donors (Lipinski definition) is 1. The van der Waals surface area contributed by atoms with Crippen molar-refractivity contribution in [3.8, 4) is 0 Å². The van der Waals surface area contributed by atoms with Gasteiger partial charge in [-0.3, -0.25) is 13.9 Å². The first-order valence-corrected chi connectivity index (χ1v) is 16.5. The van der Waals surface area contributed by atoms with Crippen LogP contribution in [0.1, 0.15) is 30.0 Å². The van der Waals surface area contributed by atoms with Crippen molar-refractivity contribution in [3.05, 3.63) is 130 Å². The fourth-order valence-electron chi connectivity index (χ4n) is 4.73. The Kier molecular flexibility index (Phi) is 11.3. The molecule has 0 unspecified atom stereocenters. The SMILES string of the molecule is CCCNC(=O)[C@H](Cc1ccccc1)N(Cc1cccc(Br)c1)C(=O)CN(c1ccc(C)cc1)S(=O)(=O)c1ccc(F)cc1. The number of nitrogens with zero attached hydrogens (tertiary/aromatic N) is 2. The number of amides is 2. The molecule has 0 fully saturated rings. The van der Waals surface area contributed by atoms with Gasteiger partial charge >= 0.3 is 0 Å². The number of halogens is 2. The highest BCUT2D eigenvalue weighted by molar-refractivity contribution is 9.10. The average Bonchev–Trinajstić information content (AvgIpc) is 3.01. The number of sulfonamides is 1. The first-order chi connectivity index (χ1) is 21.1. The topological polar surface area (TPSA) is 86.8 Å². The van der Waals surface area contributed by atoms with Crippen LogP contribution in [0, 0.1) is 12.7 Å². The molecule has 0 saturated carbocycles. The second-order valence-corrected chi connectivity index (χ2v) is 13.2. The summed E-state index contributed by atoms with van der Waals surface area (Å²) in [6, 6.07) is 27.1. The van der Waals surface area contributed by atoms with E-state index in [4.69, 9.17) is 0 Å². The van der Waals surface area contributed by atoms with Gasteiger partial charge in [-0.15, -0.1) is 0 Å². The fraction of sp³-hybridized carbons (Fsp3) is 0.235. The van der Waals surface area contributed by atoms with Crippen molar-refractivity contribution in [1.82, 2.24) is 10.2 Å². The maximum absolute atomic E-state index is 14.4.